The van der Waals surface area contributed by atoms with E-state index < -0.39 is 24.0 Å². The first-order valence-corrected chi connectivity index (χ1v) is 10.3. The lowest BCUT2D eigenvalue weighted by Gasteiger charge is -2.20. The molecule has 0 aliphatic heterocycles. The third kappa shape index (κ3) is 4.34. The van der Waals surface area contributed by atoms with Crippen molar-refractivity contribution >= 4 is 27.5 Å². The number of nitrogens with zero attached hydrogens (tertiary/aromatic N) is 2. The molecule has 0 radical (unpaired) electrons. The summed E-state index contributed by atoms with van der Waals surface area (Å²) in [4.78, 5) is 17.6. The van der Waals surface area contributed by atoms with Crippen molar-refractivity contribution in [2.24, 2.45) is 7.05 Å². The van der Waals surface area contributed by atoms with Crippen molar-refractivity contribution in [3.05, 3.63) is 89.1 Å². The van der Waals surface area contributed by atoms with Gasteiger partial charge >= 0.3 is 6.03 Å². The van der Waals surface area contributed by atoms with E-state index in [1.165, 1.54) is 23.5 Å². The summed E-state index contributed by atoms with van der Waals surface area (Å²) in [6.07, 6.45) is 2.55. The van der Waals surface area contributed by atoms with E-state index in [0.717, 1.165) is 15.0 Å². The van der Waals surface area contributed by atoms with E-state index in [0.29, 0.717) is 11.4 Å². The Hall–Kier alpha value is -3.23. The van der Waals surface area contributed by atoms with Gasteiger partial charge in [-0.2, -0.15) is 0 Å². The van der Waals surface area contributed by atoms with Crippen molar-refractivity contribution in [3.8, 4) is 0 Å². The first kappa shape index (κ1) is 20.1. The third-order valence-electron chi connectivity index (χ3n) is 4.80. The van der Waals surface area contributed by atoms with Gasteiger partial charge in [-0.15, -0.1) is 11.3 Å². The number of imidazole rings is 1. The van der Waals surface area contributed by atoms with E-state index in [9.17, 15) is 14.3 Å². The summed E-state index contributed by atoms with van der Waals surface area (Å²) in [5, 5.41) is 17.1. The molecule has 0 aliphatic carbocycles. The number of benzene rings is 2. The predicted molar refractivity (Wildman–Crippen MR) is 115 cm³/mol. The highest BCUT2D eigenvalue weighted by molar-refractivity contribution is 7.19. The lowest BCUT2D eigenvalue weighted by atomic mass is 10.1. The second-order valence-electron chi connectivity index (χ2n) is 6.94. The molecule has 0 spiro atoms. The zero-order chi connectivity index (χ0) is 21.1. The number of fused-ring (bicyclic) bond motifs is 1. The lowest BCUT2D eigenvalue weighted by Crippen LogP contribution is -2.40. The van der Waals surface area contributed by atoms with Gasteiger partial charge in [-0.25, -0.2) is 14.2 Å². The van der Waals surface area contributed by atoms with Gasteiger partial charge in [0, 0.05) is 29.0 Å². The maximum atomic E-state index is 13.7. The number of carbonyl (C=O) groups is 1. The zero-order valence-corrected chi connectivity index (χ0v) is 17.1. The maximum Gasteiger partial charge on any atom is 0.315 e. The highest BCUT2D eigenvalue weighted by Crippen LogP contribution is 2.29. The van der Waals surface area contributed by atoms with E-state index >= 15 is 0 Å². The molecule has 4 rings (SSSR count). The highest BCUT2D eigenvalue weighted by Gasteiger charge is 2.22. The Morgan fingerprint density at radius 2 is 2.07 bits per heavy atom. The number of amides is 2. The molecule has 8 heteroatoms. The van der Waals surface area contributed by atoms with Crippen LogP contribution in [0.5, 0.6) is 0 Å². The summed E-state index contributed by atoms with van der Waals surface area (Å²) in [6.45, 7) is 0.0507. The molecular formula is C22H21FN4O2S. The van der Waals surface area contributed by atoms with Crippen LogP contribution in [0.3, 0.4) is 0 Å². The molecule has 2 unspecified atom stereocenters. The molecule has 3 N–H and O–H groups in total. The average molecular weight is 425 g/mol. The smallest absolute Gasteiger partial charge is 0.315 e. The van der Waals surface area contributed by atoms with Crippen LogP contribution in [0.1, 0.15) is 28.4 Å². The number of rotatable bonds is 6. The van der Waals surface area contributed by atoms with Gasteiger partial charge in [0.05, 0.1) is 6.54 Å². The van der Waals surface area contributed by atoms with Gasteiger partial charge in [-0.05, 0) is 35.2 Å². The highest BCUT2D eigenvalue weighted by atomic mass is 32.1. The number of thiophene rings is 1. The first-order chi connectivity index (χ1) is 14.5. The number of hydrogen-bond donors (Lipinski definition) is 3. The standard InChI is InChI=1S/C22H21FN4O2S/c1-27-10-9-24-21(27)20(15-6-4-7-16(23)11-15)26-22(29)25-13-17(28)19-12-14-5-2-3-8-18(14)30-19/h2-12,17,20,28H,13H2,1H3,(H2,25,26,29). The molecule has 0 saturated carbocycles. The number of aliphatic hydroxyl groups excluding tert-OH is 1. The van der Waals surface area contributed by atoms with Crippen LogP contribution in [0.25, 0.3) is 10.1 Å². The van der Waals surface area contributed by atoms with E-state index in [1.54, 1.807) is 36.1 Å². The Morgan fingerprint density at radius 3 is 2.80 bits per heavy atom. The summed E-state index contributed by atoms with van der Waals surface area (Å²) in [6, 6.07) is 14.7. The van der Waals surface area contributed by atoms with Crippen LogP contribution in [-0.2, 0) is 7.05 Å². The van der Waals surface area contributed by atoms with E-state index in [1.807, 2.05) is 30.3 Å². The molecular weight excluding hydrogens is 403 g/mol. The summed E-state index contributed by atoms with van der Waals surface area (Å²) in [5.74, 6) is 0.176. The minimum atomic E-state index is -0.825. The topological polar surface area (TPSA) is 79.2 Å². The normalized spacial score (nSPS) is 13.2. The van der Waals surface area contributed by atoms with E-state index in [2.05, 4.69) is 15.6 Å². The Morgan fingerprint density at radius 1 is 1.23 bits per heavy atom. The number of nitrogens with one attached hydrogen (secondary N) is 2. The lowest BCUT2D eigenvalue weighted by molar-refractivity contribution is 0.176. The van der Waals surface area contributed by atoms with Crippen molar-refractivity contribution in [1.29, 1.82) is 0 Å². The quantitative estimate of drug-likeness (QED) is 0.439. The molecule has 0 fully saturated rings. The van der Waals surface area contributed by atoms with Gasteiger partial charge in [0.2, 0.25) is 0 Å². The molecule has 4 aromatic rings. The molecule has 2 aromatic carbocycles. The number of aliphatic hydroxyl groups is 1. The van der Waals surface area contributed by atoms with Crippen molar-refractivity contribution < 1.29 is 14.3 Å². The average Bonchev–Trinajstić information content (AvgIpc) is 3.36. The molecule has 2 atom stereocenters. The number of carbonyl (C=O) groups excluding carboxylic acids is 1. The number of aromatic nitrogens is 2. The molecule has 0 aliphatic rings. The predicted octanol–water partition coefficient (Wildman–Crippen LogP) is 3.90. The van der Waals surface area contributed by atoms with Crippen LogP contribution < -0.4 is 10.6 Å². The van der Waals surface area contributed by atoms with Gasteiger partial charge in [0.15, 0.2) is 0 Å². The molecule has 0 saturated heterocycles. The Kier molecular flexibility index (Phi) is 5.78. The molecule has 0 bridgehead atoms. The largest absolute Gasteiger partial charge is 0.386 e. The first-order valence-electron chi connectivity index (χ1n) is 9.45. The zero-order valence-electron chi connectivity index (χ0n) is 16.2. The van der Waals surface area contributed by atoms with Crippen molar-refractivity contribution in [2.75, 3.05) is 6.54 Å². The minimum Gasteiger partial charge on any atom is -0.386 e. The van der Waals surface area contributed by atoms with Crippen LogP contribution in [-0.4, -0.2) is 27.2 Å². The Labute approximate surface area is 177 Å². The second-order valence-corrected chi connectivity index (χ2v) is 8.06. The number of aryl methyl sites for hydroxylation is 1. The van der Waals surface area contributed by atoms with Gasteiger partial charge in [0.1, 0.15) is 23.8 Å². The summed E-state index contributed by atoms with van der Waals surface area (Å²) < 4.78 is 16.6. The van der Waals surface area contributed by atoms with Crippen LogP contribution in [0.2, 0.25) is 0 Å². The van der Waals surface area contributed by atoms with Gasteiger partial charge < -0.3 is 20.3 Å². The molecule has 30 heavy (non-hydrogen) atoms. The van der Waals surface area contributed by atoms with Crippen molar-refractivity contribution in [2.45, 2.75) is 12.1 Å². The fourth-order valence-corrected chi connectivity index (χ4v) is 4.33. The van der Waals surface area contributed by atoms with E-state index in [-0.39, 0.29) is 6.54 Å². The molecule has 6 nitrogen and oxygen atoms in total. The van der Waals surface area contributed by atoms with Crippen molar-refractivity contribution in [3.63, 3.8) is 0 Å². The monoisotopic (exact) mass is 424 g/mol. The van der Waals surface area contributed by atoms with Crippen LogP contribution in [0, 0.1) is 5.82 Å². The van der Waals surface area contributed by atoms with Gasteiger partial charge in [0.25, 0.3) is 0 Å². The summed E-state index contributed by atoms with van der Waals surface area (Å²) in [5.41, 5.74) is 0.574. The number of hydrogen-bond acceptors (Lipinski definition) is 4. The van der Waals surface area contributed by atoms with E-state index in [4.69, 9.17) is 0 Å². The molecule has 154 valence electrons. The fourth-order valence-electron chi connectivity index (χ4n) is 3.28. The Bertz CT molecular complexity index is 1140. The Balaban J connectivity index is 1.45. The number of halogens is 1. The van der Waals surface area contributed by atoms with Crippen LogP contribution in [0.4, 0.5) is 9.18 Å². The molecule has 2 aromatic heterocycles. The number of urea groups is 1. The third-order valence-corrected chi connectivity index (χ3v) is 6.02. The SMILES string of the molecule is Cn1ccnc1C(NC(=O)NCC(O)c1cc2ccccc2s1)c1cccc(F)c1. The van der Waals surface area contributed by atoms with Crippen molar-refractivity contribution in [1.82, 2.24) is 20.2 Å². The molecule has 2 heterocycles. The van der Waals surface area contributed by atoms with Crippen LogP contribution in [0.15, 0.2) is 67.0 Å². The summed E-state index contributed by atoms with van der Waals surface area (Å²) in [7, 11) is 1.80. The minimum absolute atomic E-state index is 0.0507. The summed E-state index contributed by atoms with van der Waals surface area (Å²) >= 11 is 1.49. The van der Waals surface area contributed by atoms with Gasteiger partial charge in [-0.3, -0.25) is 0 Å². The second kappa shape index (κ2) is 8.64. The van der Waals surface area contributed by atoms with Crippen LogP contribution >= 0.6 is 11.3 Å². The molecule has 2 amide bonds. The van der Waals surface area contributed by atoms with Gasteiger partial charge in [-0.1, -0.05) is 30.3 Å². The fraction of sp³-hybridized carbons (Fsp3) is 0.182. The maximum absolute atomic E-state index is 13.7.